The average molecular weight is 294 g/mol. The summed E-state index contributed by atoms with van der Waals surface area (Å²) in [6.45, 7) is 6.41. The van der Waals surface area contributed by atoms with Gasteiger partial charge in [-0.1, -0.05) is 13.8 Å². The molecule has 1 unspecified atom stereocenters. The first-order valence-electron chi connectivity index (χ1n) is 6.83. The van der Waals surface area contributed by atoms with Crippen LogP contribution in [0.25, 0.3) is 0 Å². The molecule has 1 aromatic rings. The number of thioether (sulfide) groups is 2. The topological polar surface area (TPSA) is 15.6 Å². The van der Waals surface area contributed by atoms with E-state index in [1.165, 1.54) is 15.4 Å². The molecule has 0 bridgehead atoms. The van der Waals surface area contributed by atoms with Crippen LogP contribution >= 0.6 is 23.5 Å². The van der Waals surface area contributed by atoms with E-state index in [0.717, 1.165) is 24.6 Å². The molecule has 0 fully saturated rings. The molecule has 1 atom stereocenters. The van der Waals surface area contributed by atoms with E-state index in [1.54, 1.807) is 0 Å². The Bertz CT molecular complexity index is 422. The molecule has 0 saturated heterocycles. The number of hydrogen-bond donors (Lipinski definition) is 0. The van der Waals surface area contributed by atoms with Crippen molar-refractivity contribution in [3.8, 4) is 0 Å². The van der Waals surface area contributed by atoms with Crippen molar-refractivity contribution in [2.45, 2.75) is 29.6 Å². The largest absolute Gasteiger partial charge is 0.365 e. The van der Waals surface area contributed by atoms with Gasteiger partial charge in [-0.05, 0) is 35.3 Å². The van der Waals surface area contributed by atoms with E-state index in [2.05, 4.69) is 49.0 Å². The molecule has 4 heteroatoms. The minimum absolute atomic E-state index is 0.531. The van der Waals surface area contributed by atoms with E-state index in [1.807, 2.05) is 29.9 Å². The zero-order valence-corrected chi connectivity index (χ0v) is 13.6. The van der Waals surface area contributed by atoms with Crippen molar-refractivity contribution >= 4 is 29.9 Å². The van der Waals surface area contributed by atoms with Crippen molar-refractivity contribution in [1.29, 1.82) is 0 Å². The maximum atomic E-state index is 4.45. The summed E-state index contributed by atoms with van der Waals surface area (Å²) in [6, 6.07) is 7.03. The van der Waals surface area contributed by atoms with Crippen LogP contribution in [-0.2, 0) is 0 Å². The van der Waals surface area contributed by atoms with Crippen LogP contribution in [0.4, 0.5) is 0 Å². The summed E-state index contributed by atoms with van der Waals surface area (Å²) in [6.07, 6.45) is 1.95. The Morgan fingerprint density at radius 1 is 1.16 bits per heavy atom. The van der Waals surface area contributed by atoms with Gasteiger partial charge < -0.3 is 4.90 Å². The van der Waals surface area contributed by atoms with Gasteiger partial charge in [0.1, 0.15) is 0 Å². The van der Waals surface area contributed by atoms with Crippen molar-refractivity contribution in [2.75, 3.05) is 31.6 Å². The van der Waals surface area contributed by atoms with E-state index >= 15 is 0 Å². The number of aliphatic imine (C=N–C) groups is 1. The summed E-state index contributed by atoms with van der Waals surface area (Å²) in [5, 5.41) is 0. The lowest BCUT2D eigenvalue weighted by Crippen LogP contribution is -2.29. The second-order valence-corrected chi connectivity index (χ2v) is 7.40. The Balaban J connectivity index is 2.24. The lowest BCUT2D eigenvalue weighted by Gasteiger charge is -2.26. The average Bonchev–Trinajstić information content (AvgIpc) is 2.39. The third-order valence-electron chi connectivity index (χ3n) is 3.11. The Morgan fingerprint density at radius 3 is 2.32 bits per heavy atom. The highest BCUT2D eigenvalue weighted by atomic mass is 32.2. The maximum absolute atomic E-state index is 4.45. The molecule has 0 amide bonds. The van der Waals surface area contributed by atoms with Gasteiger partial charge in [-0.25, -0.2) is 0 Å². The van der Waals surface area contributed by atoms with Gasteiger partial charge in [-0.3, -0.25) is 4.99 Å². The quantitative estimate of drug-likeness (QED) is 0.764. The van der Waals surface area contributed by atoms with Crippen molar-refractivity contribution in [2.24, 2.45) is 4.99 Å². The molecule has 0 radical (unpaired) electrons. The van der Waals surface area contributed by atoms with Crippen molar-refractivity contribution in [3.05, 3.63) is 23.8 Å². The van der Waals surface area contributed by atoms with Crippen LogP contribution in [0.2, 0.25) is 0 Å². The van der Waals surface area contributed by atoms with Gasteiger partial charge in [0.05, 0.1) is 6.34 Å². The fourth-order valence-electron chi connectivity index (χ4n) is 2.31. The summed E-state index contributed by atoms with van der Waals surface area (Å²) < 4.78 is 0. The first-order chi connectivity index (χ1) is 9.22. The smallest absolute Gasteiger partial charge is 0.0847 e. The molecule has 0 N–H and O–H groups in total. The van der Waals surface area contributed by atoms with E-state index in [0.29, 0.717) is 5.92 Å². The second kappa shape index (κ2) is 7.25. The fraction of sp³-hybridized carbons (Fsp3) is 0.533. The Kier molecular flexibility index (Phi) is 5.64. The van der Waals surface area contributed by atoms with E-state index in [9.17, 15) is 0 Å². The van der Waals surface area contributed by atoms with E-state index < -0.39 is 0 Å². The van der Waals surface area contributed by atoms with Gasteiger partial charge in [0.25, 0.3) is 0 Å². The highest BCUT2D eigenvalue weighted by molar-refractivity contribution is 8.00. The molecule has 19 heavy (non-hydrogen) atoms. The standard InChI is InChI=1S/C15H22N2S2/c1-4-18-14-6-12(7-15(8-14)19-5-2)13-9-16-11-17(3)10-13/h6-8,11,13H,4-5,9-10H2,1-3H3. The van der Waals surface area contributed by atoms with Crippen LogP contribution in [-0.4, -0.2) is 42.9 Å². The predicted molar refractivity (Wildman–Crippen MR) is 88.0 cm³/mol. The number of rotatable bonds is 5. The van der Waals surface area contributed by atoms with Crippen LogP contribution in [0.3, 0.4) is 0 Å². The van der Waals surface area contributed by atoms with E-state index in [4.69, 9.17) is 0 Å². The molecule has 2 nitrogen and oxygen atoms in total. The molecule has 0 saturated carbocycles. The number of nitrogens with zero attached hydrogens (tertiary/aromatic N) is 2. The predicted octanol–water partition coefficient (Wildman–Crippen LogP) is 3.97. The molecule has 2 rings (SSSR count). The molecular weight excluding hydrogens is 272 g/mol. The van der Waals surface area contributed by atoms with E-state index in [-0.39, 0.29) is 0 Å². The van der Waals surface area contributed by atoms with Crippen molar-refractivity contribution in [3.63, 3.8) is 0 Å². The van der Waals surface area contributed by atoms with Gasteiger partial charge in [0, 0.05) is 35.8 Å². The highest BCUT2D eigenvalue weighted by Crippen LogP contribution is 2.31. The summed E-state index contributed by atoms with van der Waals surface area (Å²) in [5.74, 6) is 2.79. The lowest BCUT2D eigenvalue weighted by atomic mass is 9.98. The summed E-state index contributed by atoms with van der Waals surface area (Å²) in [7, 11) is 2.10. The molecule has 1 aromatic carbocycles. The lowest BCUT2D eigenvalue weighted by molar-refractivity contribution is 0.439. The molecule has 0 aliphatic carbocycles. The molecule has 0 aromatic heterocycles. The van der Waals surface area contributed by atoms with Gasteiger partial charge in [-0.2, -0.15) is 0 Å². The zero-order valence-electron chi connectivity index (χ0n) is 11.9. The first kappa shape index (κ1) is 14.8. The molecular formula is C15H22N2S2. The normalized spacial score (nSPS) is 18.9. The van der Waals surface area contributed by atoms with Crippen molar-refractivity contribution in [1.82, 2.24) is 4.90 Å². The number of hydrogen-bond acceptors (Lipinski definition) is 4. The second-order valence-electron chi connectivity index (χ2n) is 4.72. The van der Waals surface area contributed by atoms with Gasteiger partial charge in [0.2, 0.25) is 0 Å². The minimum Gasteiger partial charge on any atom is -0.365 e. The monoisotopic (exact) mass is 294 g/mol. The Morgan fingerprint density at radius 2 is 1.79 bits per heavy atom. The highest BCUT2D eigenvalue weighted by Gasteiger charge is 2.17. The summed E-state index contributed by atoms with van der Waals surface area (Å²) >= 11 is 3.86. The molecule has 1 aliphatic rings. The van der Waals surface area contributed by atoms with Crippen LogP contribution in [0.1, 0.15) is 25.3 Å². The van der Waals surface area contributed by atoms with Crippen LogP contribution in [0.15, 0.2) is 33.0 Å². The minimum atomic E-state index is 0.531. The fourth-order valence-corrected chi connectivity index (χ4v) is 3.91. The molecule has 0 spiro atoms. The first-order valence-corrected chi connectivity index (χ1v) is 8.80. The third kappa shape index (κ3) is 4.18. The number of benzene rings is 1. The van der Waals surface area contributed by atoms with Gasteiger partial charge in [-0.15, -0.1) is 23.5 Å². The number of likely N-dealkylation sites (N-methyl/N-ethyl adjacent to an activating group) is 1. The molecule has 104 valence electrons. The summed E-state index contributed by atoms with van der Waals surface area (Å²) in [4.78, 5) is 9.43. The van der Waals surface area contributed by atoms with Crippen LogP contribution in [0.5, 0.6) is 0 Å². The van der Waals surface area contributed by atoms with Crippen LogP contribution in [0, 0.1) is 0 Å². The zero-order chi connectivity index (χ0) is 13.7. The van der Waals surface area contributed by atoms with Crippen LogP contribution < -0.4 is 0 Å². The summed E-state index contributed by atoms with van der Waals surface area (Å²) in [5.41, 5.74) is 1.44. The molecule has 1 aliphatic heterocycles. The molecule has 1 heterocycles. The SMILES string of the molecule is CCSc1cc(SCC)cc(C2CN=CN(C)C2)c1. The third-order valence-corrected chi connectivity index (χ3v) is 4.82. The van der Waals surface area contributed by atoms with Crippen molar-refractivity contribution < 1.29 is 0 Å². The maximum Gasteiger partial charge on any atom is 0.0847 e. The Labute approximate surface area is 125 Å². The van der Waals surface area contributed by atoms with Gasteiger partial charge in [0.15, 0.2) is 0 Å². The Hall–Kier alpha value is -0.610. The van der Waals surface area contributed by atoms with Gasteiger partial charge >= 0.3 is 0 Å².